The first-order chi connectivity index (χ1) is 9.31. The second kappa shape index (κ2) is 6.16. The van der Waals surface area contributed by atoms with Gasteiger partial charge in [-0.2, -0.15) is 0 Å². The minimum atomic E-state index is 1.01. The summed E-state index contributed by atoms with van der Waals surface area (Å²) in [5, 5.41) is 3.40. The van der Waals surface area contributed by atoms with E-state index in [0.29, 0.717) is 0 Å². The van der Waals surface area contributed by atoms with Crippen LogP contribution in [0.15, 0.2) is 34.1 Å². The second-order valence-electron chi connectivity index (χ2n) is 4.97. The van der Waals surface area contributed by atoms with Gasteiger partial charge in [-0.15, -0.1) is 11.3 Å². The Balaban J connectivity index is 1.72. The van der Waals surface area contributed by atoms with E-state index in [4.69, 9.17) is 4.98 Å². The Morgan fingerprint density at radius 2 is 2.05 bits per heavy atom. The summed E-state index contributed by atoms with van der Waals surface area (Å²) in [5.41, 5.74) is 2.29. The van der Waals surface area contributed by atoms with Gasteiger partial charge in [-0.05, 0) is 38.1 Å². The van der Waals surface area contributed by atoms with Gasteiger partial charge in [0, 0.05) is 15.4 Å². The molecule has 2 nitrogen and oxygen atoms in total. The Hall–Kier alpha value is -0.710. The molecule has 3 rings (SSSR count). The number of halogens is 1. The third kappa shape index (κ3) is 3.44. The van der Waals surface area contributed by atoms with E-state index in [2.05, 4.69) is 44.4 Å². The number of nitrogens with zero attached hydrogens (tertiary/aromatic N) is 2. The van der Waals surface area contributed by atoms with E-state index >= 15 is 0 Å². The van der Waals surface area contributed by atoms with Crippen molar-refractivity contribution in [3.8, 4) is 11.3 Å². The fraction of sp³-hybridized carbons (Fsp3) is 0.400. The molecule has 0 atom stereocenters. The Bertz CT molecular complexity index is 547. The summed E-state index contributed by atoms with van der Waals surface area (Å²) >= 11 is 5.29. The number of likely N-dealkylation sites (tertiary alicyclic amines) is 1. The van der Waals surface area contributed by atoms with E-state index in [1.165, 1.54) is 42.9 Å². The zero-order valence-electron chi connectivity index (χ0n) is 10.8. The minimum absolute atomic E-state index is 1.01. The molecule has 1 aliphatic heterocycles. The summed E-state index contributed by atoms with van der Waals surface area (Å²) in [6, 6.07) is 8.35. The van der Waals surface area contributed by atoms with Crippen molar-refractivity contribution in [3.05, 3.63) is 39.1 Å². The van der Waals surface area contributed by atoms with Crippen molar-refractivity contribution in [2.75, 3.05) is 13.1 Å². The number of aromatic nitrogens is 1. The summed E-state index contributed by atoms with van der Waals surface area (Å²) in [6.07, 6.45) is 4.06. The lowest BCUT2D eigenvalue weighted by atomic mass is 10.1. The van der Waals surface area contributed by atoms with Crippen molar-refractivity contribution in [1.82, 2.24) is 9.88 Å². The number of hydrogen-bond donors (Lipinski definition) is 0. The second-order valence-corrected chi connectivity index (χ2v) is 6.83. The van der Waals surface area contributed by atoms with Gasteiger partial charge in [-0.1, -0.05) is 34.5 Å². The average molecular weight is 337 g/mol. The molecular weight excluding hydrogens is 320 g/mol. The molecule has 1 saturated heterocycles. The minimum Gasteiger partial charge on any atom is -0.297 e. The van der Waals surface area contributed by atoms with Crippen molar-refractivity contribution >= 4 is 27.3 Å². The highest BCUT2D eigenvalue weighted by Crippen LogP contribution is 2.25. The first-order valence-electron chi connectivity index (χ1n) is 6.74. The molecular formula is C15H17BrN2S. The smallest absolute Gasteiger partial charge is 0.107 e. The normalized spacial score (nSPS) is 16.7. The predicted octanol–water partition coefficient (Wildman–Crippen LogP) is 4.56. The third-order valence-electron chi connectivity index (χ3n) is 3.48. The molecule has 0 aliphatic carbocycles. The van der Waals surface area contributed by atoms with Gasteiger partial charge >= 0.3 is 0 Å². The maximum absolute atomic E-state index is 4.77. The van der Waals surface area contributed by atoms with Gasteiger partial charge in [0.05, 0.1) is 12.2 Å². The number of benzene rings is 1. The standard InChI is InChI=1S/C15H17BrN2S/c16-13-6-4-5-12(9-13)14-11-19-15(17-14)10-18-7-2-1-3-8-18/h4-6,9,11H,1-3,7-8,10H2. The molecule has 1 aromatic heterocycles. The van der Waals surface area contributed by atoms with Crippen LogP contribution in [0, 0.1) is 0 Å². The molecule has 0 amide bonds. The van der Waals surface area contributed by atoms with Gasteiger partial charge in [-0.3, -0.25) is 4.90 Å². The maximum atomic E-state index is 4.77. The lowest BCUT2D eigenvalue weighted by Gasteiger charge is -2.25. The molecule has 0 radical (unpaired) electrons. The van der Waals surface area contributed by atoms with E-state index in [0.717, 1.165) is 16.7 Å². The van der Waals surface area contributed by atoms with Crippen LogP contribution in [0.4, 0.5) is 0 Å². The number of thiazole rings is 1. The molecule has 1 aromatic carbocycles. The van der Waals surface area contributed by atoms with Crippen LogP contribution in [0.25, 0.3) is 11.3 Å². The number of rotatable bonds is 3. The fourth-order valence-corrected chi connectivity index (χ4v) is 3.72. The Labute approximate surface area is 126 Å². The molecule has 2 aromatic rings. The van der Waals surface area contributed by atoms with Gasteiger partial charge in [0.2, 0.25) is 0 Å². The molecule has 1 fully saturated rings. The highest BCUT2D eigenvalue weighted by atomic mass is 79.9. The van der Waals surface area contributed by atoms with Gasteiger partial charge in [0.1, 0.15) is 5.01 Å². The van der Waals surface area contributed by atoms with E-state index in [1.54, 1.807) is 11.3 Å². The molecule has 100 valence electrons. The van der Waals surface area contributed by atoms with E-state index < -0.39 is 0 Å². The fourth-order valence-electron chi connectivity index (χ4n) is 2.47. The molecule has 19 heavy (non-hydrogen) atoms. The van der Waals surface area contributed by atoms with Crippen LogP contribution in [-0.4, -0.2) is 23.0 Å². The highest BCUT2D eigenvalue weighted by molar-refractivity contribution is 9.10. The molecule has 0 N–H and O–H groups in total. The first kappa shape index (κ1) is 13.3. The number of piperidine rings is 1. The quantitative estimate of drug-likeness (QED) is 0.816. The highest BCUT2D eigenvalue weighted by Gasteiger charge is 2.13. The summed E-state index contributed by atoms with van der Waals surface area (Å²) in [4.78, 5) is 7.29. The van der Waals surface area contributed by atoms with Crippen LogP contribution in [0.3, 0.4) is 0 Å². The van der Waals surface area contributed by atoms with Gasteiger partial charge in [0.25, 0.3) is 0 Å². The van der Waals surface area contributed by atoms with E-state index in [1.807, 2.05) is 6.07 Å². The van der Waals surface area contributed by atoms with Crippen molar-refractivity contribution in [2.45, 2.75) is 25.8 Å². The molecule has 0 spiro atoms. The van der Waals surface area contributed by atoms with Crippen molar-refractivity contribution < 1.29 is 0 Å². The lowest BCUT2D eigenvalue weighted by molar-refractivity contribution is 0.220. The van der Waals surface area contributed by atoms with Crippen molar-refractivity contribution in [1.29, 1.82) is 0 Å². The van der Waals surface area contributed by atoms with Crippen molar-refractivity contribution in [2.24, 2.45) is 0 Å². The maximum Gasteiger partial charge on any atom is 0.107 e. The van der Waals surface area contributed by atoms with Crippen LogP contribution in [-0.2, 0) is 6.54 Å². The average Bonchev–Trinajstić information content (AvgIpc) is 2.88. The van der Waals surface area contributed by atoms with E-state index in [9.17, 15) is 0 Å². The van der Waals surface area contributed by atoms with Crippen molar-refractivity contribution in [3.63, 3.8) is 0 Å². The first-order valence-corrected chi connectivity index (χ1v) is 8.41. The summed E-state index contributed by atoms with van der Waals surface area (Å²) in [7, 11) is 0. The summed E-state index contributed by atoms with van der Waals surface area (Å²) < 4.78 is 1.11. The lowest BCUT2D eigenvalue weighted by Crippen LogP contribution is -2.28. The molecule has 0 bridgehead atoms. The SMILES string of the molecule is Brc1cccc(-c2csc(CN3CCCCC3)n2)c1. The Morgan fingerprint density at radius 1 is 1.21 bits per heavy atom. The van der Waals surface area contributed by atoms with Gasteiger partial charge in [0.15, 0.2) is 0 Å². The van der Waals surface area contributed by atoms with Crippen LogP contribution in [0.1, 0.15) is 24.3 Å². The zero-order chi connectivity index (χ0) is 13.1. The topological polar surface area (TPSA) is 16.1 Å². The predicted molar refractivity (Wildman–Crippen MR) is 84.4 cm³/mol. The molecule has 0 saturated carbocycles. The van der Waals surface area contributed by atoms with Gasteiger partial charge < -0.3 is 0 Å². The molecule has 1 aliphatic rings. The Morgan fingerprint density at radius 3 is 2.84 bits per heavy atom. The third-order valence-corrected chi connectivity index (χ3v) is 4.81. The molecule has 0 unspecified atom stereocenters. The Kier molecular flexibility index (Phi) is 4.31. The molecule has 2 heterocycles. The largest absolute Gasteiger partial charge is 0.297 e. The van der Waals surface area contributed by atoms with E-state index in [-0.39, 0.29) is 0 Å². The van der Waals surface area contributed by atoms with Crippen LogP contribution in [0.2, 0.25) is 0 Å². The monoisotopic (exact) mass is 336 g/mol. The van der Waals surface area contributed by atoms with Crippen LogP contribution < -0.4 is 0 Å². The zero-order valence-corrected chi connectivity index (χ0v) is 13.2. The van der Waals surface area contributed by atoms with Gasteiger partial charge in [-0.25, -0.2) is 4.98 Å². The van der Waals surface area contributed by atoms with Crippen LogP contribution >= 0.6 is 27.3 Å². The number of hydrogen-bond acceptors (Lipinski definition) is 3. The summed E-state index contributed by atoms with van der Waals surface area (Å²) in [5.74, 6) is 0. The van der Waals surface area contributed by atoms with Crippen LogP contribution in [0.5, 0.6) is 0 Å². The molecule has 4 heteroatoms. The summed E-state index contributed by atoms with van der Waals surface area (Å²) in [6.45, 7) is 3.47.